The normalized spacial score (nSPS) is 11.9. The molecule has 0 radical (unpaired) electrons. The Bertz CT molecular complexity index is 1430. The second kappa shape index (κ2) is 13.1. The molecule has 3 rings (SSSR count). The van der Waals surface area contributed by atoms with Crippen LogP contribution in [0.25, 0.3) is 0 Å². The van der Waals surface area contributed by atoms with Crippen LogP contribution in [0, 0.1) is 10.1 Å². The van der Waals surface area contributed by atoms with Crippen molar-refractivity contribution in [2.75, 3.05) is 18.0 Å². The van der Waals surface area contributed by atoms with Gasteiger partial charge < -0.3 is 15.0 Å². The zero-order valence-corrected chi connectivity index (χ0v) is 23.5. The summed E-state index contributed by atoms with van der Waals surface area (Å²) in [5.74, 6) is -0.421. The molecule has 2 amide bonds. The molecule has 212 valence electrons. The van der Waals surface area contributed by atoms with E-state index in [2.05, 4.69) is 5.32 Å². The van der Waals surface area contributed by atoms with E-state index in [-0.39, 0.29) is 28.9 Å². The number of ether oxygens (including phenoxy) is 1. The van der Waals surface area contributed by atoms with E-state index < -0.39 is 39.3 Å². The number of sulfonamides is 1. The number of nitrogens with zero attached hydrogens (tertiary/aromatic N) is 3. The average molecular weight is 569 g/mol. The van der Waals surface area contributed by atoms with Gasteiger partial charge in [0.1, 0.15) is 18.3 Å². The minimum absolute atomic E-state index is 0.0228. The molecule has 1 atom stereocenters. The highest BCUT2D eigenvalue weighted by atomic mass is 32.2. The van der Waals surface area contributed by atoms with Crippen LogP contribution in [-0.2, 0) is 26.2 Å². The molecule has 12 heteroatoms. The molecule has 40 heavy (non-hydrogen) atoms. The standard InChI is InChI=1S/C28H32N4O7S/c1-20(2)29-28(34)21(3)30(18-22-10-16-25(39-4)17-11-22)27(33)19-31(23-12-14-24(15-13-23)32(35)36)40(37,38)26-8-6-5-7-9-26/h5-17,20-21H,18-19H2,1-4H3,(H,29,34)/t21-/m1/s1. The SMILES string of the molecule is COc1ccc(CN(C(=O)CN(c2ccc([N+](=O)[O-])cc2)S(=O)(=O)c2ccccc2)[C@H](C)C(=O)NC(C)C)cc1. The van der Waals surface area contributed by atoms with Crippen molar-refractivity contribution in [2.24, 2.45) is 0 Å². The Morgan fingerprint density at radius 3 is 2.08 bits per heavy atom. The minimum atomic E-state index is -4.26. The average Bonchev–Trinajstić information content (AvgIpc) is 2.94. The predicted octanol–water partition coefficient (Wildman–Crippen LogP) is 3.74. The summed E-state index contributed by atoms with van der Waals surface area (Å²) < 4.78 is 33.5. The number of rotatable bonds is 12. The van der Waals surface area contributed by atoms with E-state index in [9.17, 15) is 28.1 Å². The van der Waals surface area contributed by atoms with Crippen LogP contribution in [0.2, 0.25) is 0 Å². The second-order valence-corrected chi connectivity index (χ2v) is 11.2. The lowest BCUT2D eigenvalue weighted by atomic mass is 10.1. The molecule has 0 heterocycles. The van der Waals surface area contributed by atoms with E-state index in [1.54, 1.807) is 63.2 Å². The zero-order chi connectivity index (χ0) is 29.4. The van der Waals surface area contributed by atoms with Gasteiger partial charge in [-0.3, -0.25) is 24.0 Å². The molecule has 0 bridgehead atoms. The van der Waals surface area contributed by atoms with Crippen molar-refractivity contribution in [3.05, 3.63) is 94.5 Å². The second-order valence-electron chi connectivity index (χ2n) is 9.31. The van der Waals surface area contributed by atoms with Crippen molar-refractivity contribution in [3.8, 4) is 5.75 Å². The lowest BCUT2D eigenvalue weighted by Gasteiger charge is -2.32. The Kier molecular flexibility index (Phi) is 9.83. The first-order chi connectivity index (χ1) is 18.9. The van der Waals surface area contributed by atoms with Gasteiger partial charge in [0, 0.05) is 24.7 Å². The van der Waals surface area contributed by atoms with Crippen LogP contribution in [0.15, 0.2) is 83.8 Å². The third kappa shape index (κ3) is 7.35. The highest BCUT2D eigenvalue weighted by Crippen LogP contribution is 2.26. The maximum absolute atomic E-state index is 13.8. The highest BCUT2D eigenvalue weighted by Gasteiger charge is 2.32. The lowest BCUT2D eigenvalue weighted by Crippen LogP contribution is -2.52. The maximum Gasteiger partial charge on any atom is 0.269 e. The summed E-state index contributed by atoms with van der Waals surface area (Å²) in [5, 5.41) is 14.0. The number of carbonyl (C=O) groups excluding carboxylic acids is 2. The fraction of sp³-hybridized carbons (Fsp3) is 0.286. The fourth-order valence-corrected chi connectivity index (χ4v) is 5.34. The number of nitrogens with one attached hydrogen (secondary N) is 1. The number of hydrogen-bond donors (Lipinski definition) is 1. The number of benzene rings is 3. The van der Waals surface area contributed by atoms with E-state index in [0.29, 0.717) is 11.3 Å². The molecule has 11 nitrogen and oxygen atoms in total. The molecule has 0 aliphatic heterocycles. The molecule has 0 aliphatic rings. The van der Waals surface area contributed by atoms with E-state index in [1.165, 1.54) is 48.4 Å². The largest absolute Gasteiger partial charge is 0.497 e. The maximum atomic E-state index is 13.8. The van der Waals surface area contributed by atoms with Crippen molar-refractivity contribution in [1.82, 2.24) is 10.2 Å². The van der Waals surface area contributed by atoms with Gasteiger partial charge in [-0.1, -0.05) is 30.3 Å². The van der Waals surface area contributed by atoms with Crippen LogP contribution in [0.5, 0.6) is 5.75 Å². The first-order valence-electron chi connectivity index (χ1n) is 12.5. The molecular weight excluding hydrogens is 536 g/mol. The van der Waals surface area contributed by atoms with Crippen LogP contribution in [-0.4, -0.2) is 55.8 Å². The Hall–Kier alpha value is -4.45. The van der Waals surface area contributed by atoms with Crippen LogP contribution < -0.4 is 14.4 Å². The van der Waals surface area contributed by atoms with Gasteiger partial charge >= 0.3 is 0 Å². The molecule has 0 spiro atoms. The van der Waals surface area contributed by atoms with Crippen LogP contribution in [0.4, 0.5) is 11.4 Å². The number of carbonyl (C=O) groups is 2. The Labute approximate surface area is 233 Å². The van der Waals surface area contributed by atoms with Gasteiger partial charge in [-0.25, -0.2) is 8.42 Å². The molecule has 0 aliphatic carbocycles. The molecule has 0 aromatic heterocycles. The Morgan fingerprint density at radius 1 is 0.950 bits per heavy atom. The van der Waals surface area contributed by atoms with Crippen LogP contribution >= 0.6 is 0 Å². The zero-order valence-electron chi connectivity index (χ0n) is 22.7. The van der Waals surface area contributed by atoms with Gasteiger partial charge in [0.25, 0.3) is 15.7 Å². The number of non-ortho nitro benzene ring substituents is 1. The van der Waals surface area contributed by atoms with E-state index >= 15 is 0 Å². The van der Waals surface area contributed by atoms with Gasteiger partial charge in [-0.05, 0) is 62.7 Å². The van der Waals surface area contributed by atoms with Gasteiger partial charge in [0.05, 0.1) is 22.6 Å². The van der Waals surface area contributed by atoms with Gasteiger partial charge in [-0.2, -0.15) is 0 Å². The lowest BCUT2D eigenvalue weighted by molar-refractivity contribution is -0.384. The number of amides is 2. The van der Waals surface area contributed by atoms with E-state index in [0.717, 1.165) is 4.31 Å². The number of hydrogen-bond acceptors (Lipinski definition) is 7. The number of methoxy groups -OCH3 is 1. The van der Waals surface area contributed by atoms with Crippen LogP contribution in [0.1, 0.15) is 26.3 Å². The fourth-order valence-electron chi connectivity index (χ4n) is 3.90. The number of nitro benzene ring substituents is 1. The first kappa shape index (κ1) is 30.1. The van der Waals surface area contributed by atoms with Gasteiger partial charge in [-0.15, -0.1) is 0 Å². The monoisotopic (exact) mass is 568 g/mol. The molecule has 0 saturated heterocycles. The predicted molar refractivity (Wildman–Crippen MR) is 150 cm³/mol. The smallest absolute Gasteiger partial charge is 0.269 e. The quantitative estimate of drug-likeness (QED) is 0.259. The Morgan fingerprint density at radius 2 is 1.55 bits per heavy atom. The summed E-state index contributed by atoms with van der Waals surface area (Å²) in [6.45, 7) is 4.53. The summed E-state index contributed by atoms with van der Waals surface area (Å²) in [7, 11) is -2.73. The molecular formula is C28H32N4O7S. The molecule has 0 saturated carbocycles. The van der Waals surface area contributed by atoms with E-state index in [4.69, 9.17) is 4.74 Å². The van der Waals surface area contributed by atoms with Crippen molar-refractivity contribution in [2.45, 2.75) is 44.3 Å². The van der Waals surface area contributed by atoms with Crippen molar-refractivity contribution in [1.29, 1.82) is 0 Å². The summed E-state index contributed by atoms with van der Waals surface area (Å²) in [6.07, 6.45) is 0. The third-order valence-corrected chi connectivity index (χ3v) is 7.86. The van der Waals surface area contributed by atoms with Crippen molar-refractivity contribution in [3.63, 3.8) is 0 Å². The minimum Gasteiger partial charge on any atom is -0.497 e. The summed E-state index contributed by atoms with van der Waals surface area (Å²) in [5.41, 5.74) is 0.532. The van der Waals surface area contributed by atoms with Crippen LogP contribution in [0.3, 0.4) is 0 Å². The topological polar surface area (TPSA) is 139 Å². The summed E-state index contributed by atoms with van der Waals surface area (Å²) in [4.78, 5) is 38.6. The molecule has 3 aromatic rings. The van der Waals surface area contributed by atoms with Crippen molar-refractivity contribution < 1.29 is 27.7 Å². The molecule has 0 fully saturated rings. The van der Waals surface area contributed by atoms with Gasteiger partial charge in [0.15, 0.2) is 0 Å². The first-order valence-corrected chi connectivity index (χ1v) is 13.9. The molecule has 0 unspecified atom stereocenters. The summed E-state index contributed by atoms with van der Waals surface area (Å²) in [6, 6.07) is 18.3. The number of nitro groups is 1. The third-order valence-electron chi connectivity index (χ3n) is 6.07. The Balaban J connectivity index is 2.03. The van der Waals surface area contributed by atoms with Gasteiger partial charge in [0.2, 0.25) is 11.8 Å². The highest BCUT2D eigenvalue weighted by molar-refractivity contribution is 7.92. The van der Waals surface area contributed by atoms with Crippen molar-refractivity contribution >= 4 is 33.2 Å². The summed E-state index contributed by atoms with van der Waals surface area (Å²) >= 11 is 0. The number of anilines is 1. The van der Waals surface area contributed by atoms with E-state index in [1.807, 2.05) is 0 Å². The molecule has 3 aromatic carbocycles. The molecule has 1 N–H and O–H groups in total.